The number of rotatable bonds is 4. The van der Waals surface area contributed by atoms with Crippen molar-refractivity contribution in [1.82, 2.24) is 0 Å². The van der Waals surface area contributed by atoms with Crippen LogP contribution in [0.1, 0.15) is 27.6 Å². The Morgan fingerprint density at radius 1 is 1.00 bits per heavy atom. The molecule has 22 heavy (non-hydrogen) atoms. The molecule has 0 radical (unpaired) electrons. The first-order chi connectivity index (χ1) is 10.5. The molecule has 114 valence electrons. The molecule has 0 spiro atoms. The van der Waals surface area contributed by atoms with Gasteiger partial charge in [-0.25, -0.2) is 4.79 Å². The Hall–Kier alpha value is -2.82. The molecular formula is C17H17NO4. The fourth-order valence-electron chi connectivity index (χ4n) is 1.95. The number of amides is 1. The van der Waals surface area contributed by atoms with Crippen LogP contribution in [0.3, 0.4) is 0 Å². The van der Waals surface area contributed by atoms with Crippen LogP contribution in [0, 0.1) is 0 Å². The average molecular weight is 299 g/mol. The summed E-state index contributed by atoms with van der Waals surface area (Å²) in [6.07, 6.45) is 0. The number of carbonyl (C=O) groups excluding carboxylic acids is 2. The lowest BCUT2D eigenvalue weighted by molar-refractivity contribution is 0.0526. The van der Waals surface area contributed by atoms with E-state index in [0.29, 0.717) is 23.4 Å². The van der Waals surface area contributed by atoms with Crippen LogP contribution < -0.4 is 4.90 Å². The number of anilines is 1. The van der Waals surface area contributed by atoms with Crippen LogP contribution >= 0.6 is 0 Å². The molecule has 0 aliphatic heterocycles. The van der Waals surface area contributed by atoms with Gasteiger partial charge in [-0.2, -0.15) is 0 Å². The molecule has 0 bridgehead atoms. The van der Waals surface area contributed by atoms with Crippen molar-refractivity contribution in [2.24, 2.45) is 0 Å². The first-order valence-electron chi connectivity index (χ1n) is 6.87. The van der Waals surface area contributed by atoms with Crippen LogP contribution in [0.2, 0.25) is 0 Å². The number of carbonyl (C=O) groups is 2. The molecular weight excluding hydrogens is 282 g/mol. The summed E-state index contributed by atoms with van der Waals surface area (Å²) in [5.41, 5.74) is 1.57. The van der Waals surface area contributed by atoms with Gasteiger partial charge in [0.25, 0.3) is 5.91 Å². The summed E-state index contributed by atoms with van der Waals surface area (Å²) in [5.74, 6) is -0.483. The Morgan fingerprint density at radius 2 is 1.55 bits per heavy atom. The fraction of sp³-hybridized carbons (Fsp3) is 0.176. The predicted molar refractivity (Wildman–Crippen MR) is 83.2 cm³/mol. The number of phenols is 1. The quantitative estimate of drug-likeness (QED) is 0.882. The van der Waals surface area contributed by atoms with E-state index in [0.717, 1.165) is 0 Å². The Balaban J connectivity index is 2.15. The van der Waals surface area contributed by atoms with E-state index in [9.17, 15) is 14.7 Å². The molecule has 0 saturated carbocycles. The van der Waals surface area contributed by atoms with Crippen LogP contribution in [0.5, 0.6) is 5.75 Å². The van der Waals surface area contributed by atoms with Gasteiger partial charge < -0.3 is 14.7 Å². The minimum atomic E-state index is -0.387. The molecule has 1 N–H and O–H groups in total. The summed E-state index contributed by atoms with van der Waals surface area (Å²) in [5, 5.41) is 9.25. The van der Waals surface area contributed by atoms with Crippen molar-refractivity contribution in [3.8, 4) is 5.75 Å². The smallest absolute Gasteiger partial charge is 0.338 e. The van der Waals surface area contributed by atoms with E-state index < -0.39 is 0 Å². The van der Waals surface area contributed by atoms with Crippen molar-refractivity contribution >= 4 is 17.6 Å². The zero-order chi connectivity index (χ0) is 16.1. The summed E-state index contributed by atoms with van der Waals surface area (Å²) in [6, 6.07) is 12.6. The Bertz CT molecular complexity index is 662. The van der Waals surface area contributed by atoms with Crippen LogP contribution in [0.25, 0.3) is 0 Å². The highest BCUT2D eigenvalue weighted by molar-refractivity contribution is 6.06. The standard InChI is InChI=1S/C17H17NO4/c1-3-22-17(21)13-4-8-14(9-5-13)18(2)16(20)12-6-10-15(19)11-7-12/h4-11,19H,3H2,1-2H3. The van der Waals surface area contributed by atoms with E-state index in [4.69, 9.17) is 4.74 Å². The highest BCUT2D eigenvalue weighted by Gasteiger charge is 2.14. The van der Waals surface area contributed by atoms with Gasteiger partial charge >= 0.3 is 5.97 Å². The largest absolute Gasteiger partial charge is 0.508 e. The molecule has 2 aromatic rings. The van der Waals surface area contributed by atoms with Gasteiger partial charge in [-0.05, 0) is 55.5 Å². The van der Waals surface area contributed by atoms with Gasteiger partial charge in [0.1, 0.15) is 5.75 Å². The van der Waals surface area contributed by atoms with E-state index in [1.54, 1.807) is 50.4 Å². The molecule has 2 aromatic carbocycles. The summed E-state index contributed by atoms with van der Waals surface area (Å²) in [6.45, 7) is 2.07. The number of esters is 1. The summed E-state index contributed by atoms with van der Waals surface area (Å²) < 4.78 is 4.91. The molecule has 0 unspecified atom stereocenters. The van der Waals surface area contributed by atoms with Gasteiger partial charge in [0.15, 0.2) is 0 Å². The third kappa shape index (κ3) is 3.44. The Labute approximate surface area is 128 Å². The highest BCUT2D eigenvalue weighted by atomic mass is 16.5. The van der Waals surface area contributed by atoms with Crippen LogP contribution in [-0.4, -0.2) is 30.6 Å². The van der Waals surface area contributed by atoms with Gasteiger partial charge in [0.2, 0.25) is 0 Å². The fourth-order valence-corrected chi connectivity index (χ4v) is 1.95. The first kappa shape index (κ1) is 15.6. The SMILES string of the molecule is CCOC(=O)c1ccc(N(C)C(=O)c2ccc(O)cc2)cc1. The van der Waals surface area contributed by atoms with Gasteiger partial charge in [-0.3, -0.25) is 4.79 Å². The first-order valence-corrected chi connectivity index (χ1v) is 6.87. The minimum Gasteiger partial charge on any atom is -0.508 e. The summed E-state index contributed by atoms with van der Waals surface area (Å²) >= 11 is 0. The highest BCUT2D eigenvalue weighted by Crippen LogP contribution is 2.18. The molecule has 0 aliphatic rings. The molecule has 2 rings (SSSR count). The number of ether oxygens (including phenoxy) is 1. The number of benzene rings is 2. The van der Waals surface area contributed by atoms with Crippen molar-refractivity contribution in [2.75, 3.05) is 18.6 Å². The van der Waals surface area contributed by atoms with Gasteiger partial charge in [0.05, 0.1) is 12.2 Å². The normalized spacial score (nSPS) is 10.1. The average Bonchev–Trinajstić information content (AvgIpc) is 2.54. The van der Waals surface area contributed by atoms with Gasteiger partial charge in [0, 0.05) is 18.3 Å². The second kappa shape index (κ2) is 6.76. The summed E-state index contributed by atoms with van der Waals surface area (Å²) in [4.78, 5) is 25.4. The van der Waals surface area contributed by atoms with Crippen molar-refractivity contribution in [3.05, 3.63) is 59.7 Å². The molecule has 0 saturated heterocycles. The maximum absolute atomic E-state index is 12.3. The van der Waals surface area contributed by atoms with Gasteiger partial charge in [-0.15, -0.1) is 0 Å². The number of hydrogen-bond acceptors (Lipinski definition) is 4. The second-order valence-electron chi connectivity index (χ2n) is 4.68. The number of hydrogen-bond donors (Lipinski definition) is 1. The Kier molecular flexibility index (Phi) is 4.78. The lowest BCUT2D eigenvalue weighted by Crippen LogP contribution is -2.26. The van der Waals surface area contributed by atoms with E-state index >= 15 is 0 Å². The van der Waals surface area contributed by atoms with Crippen LogP contribution in [0.15, 0.2) is 48.5 Å². The third-order valence-corrected chi connectivity index (χ3v) is 3.18. The number of phenolic OH excluding ortho intramolecular Hbond substituents is 1. The van der Waals surface area contributed by atoms with Crippen molar-refractivity contribution in [1.29, 1.82) is 0 Å². The van der Waals surface area contributed by atoms with Crippen LogP contribution in [0.4, 0.5) is 5.69 Å². The molecule has 0 aliphatic carbocycles. The molecule has 5 nitrogen and oxygen atoms in total. The van der Waals surface area contributed by atoms with Crippen molar-refractivity contribution < 1.29 is 19.4 Å². The van der Waals surface area contributed by atoms with Crippen molar-refractivity contribution in [2.45, 2.75) is 6.92 Å². The maximum atomic E-state index is 12.3. The van der Waals surface area contributed by atoms with Crippen molar-refractivity contribution in [3.63, 3.8) is 0 Å². The molecule has 0 aromatic heterocycles. The molecule has 0 heterocycles. The van der Waals surface area contributed by atoms with E-state index in [2.05, 4.69) is 0 Å². The topological polar surface area (TPSA) is 66.8 Å². The van der Waals surface area contributed by atoms with Crippen LogP contribution in [-0.2, 0) is 4.74 Å². The lowest BCUT2D eigenvalue weighted by Gasteiger charge is -2.17. The molecule has 5 heteroatoms. The molecule has 1 amide bonds. The van der Waals surface area contributed by atoms with E-state index in [-0.39, 0.29) is 17.6 Å². The third-order valence-electron chi connectivity index (χ3n) is 3.18. The number of aromatic hydroxyl groups is 1. The monoisotopic (exact) mass is 299 g/mol. The van der Waals surface area contributed by atoms with Gasteiger partial charge in [-0.1, -0.05) is 0 Å². The Morgan fingerprint density at radius 3 is 2.09 bits per heavy atom. The second-order valence-corrected chi connectivity index (χ2v) is 4.68. The predicted octanol–water partition coefficient (Wildman–Crippen LogP) is 2.85. The zero-order valence-corrected chi connectivity index (χ0v) is 12.4. The number of nitrogens with zero attached hydrogens (tertiary/aromatic N) is 1. The molecule has 0 fully saturated rings. The molecule has 0 atom stereocenters. The maximum Gasteiger partial charge on any atom is 0.338 e. The minimum absolute atomic E-state index is 0.109. The zero-order valence-electron chi connectivity index (χ0n) is 12.4. The lowest BCUT2D eigenvalue weighted by atomic mass is 10.1. The van der Waals surface area contributed by atoms with E-state index in [1.807, 2.05) is 0 Å². The van der Waals surface area contributed by atoms with E-state index in [1.165, 1.54) is 17.0 Å². The summed E-state index contributed by atoms with van der Waals surface area (Å²) in [7, 11) is 1.65.